The first-order chi connectivity index (χ1) is 8.05. The van der Waals surface area contributed by atoms with Gasteiger partial charge in [0.25, 0.3) is 0 Å². The molecule has 0 spiro atoms. The Kier molecular flexibility index (Phi) is 5.04. The summed E-state index contributed by atoms with van der Waals surface area (Å²) in [5.41, 5.74) is 1.55. The molecule has 0 heterocycles. The van der Waals surface area contributed by atoms with Crippen LogP contribution in [0.2, 0.25) is 0 Å². The Balaban J connectivity index is 0.000000686. The van der Waals surface area contributed by atoms with Crippen LogP contribution in [0.15, 0.2) is 24.3 Å². The molecule has 1 aliphatic rings. The molecule has 1 aromatic rings. The summed E-state index contributed by atoms with van der Waals surface area (Å²) >= 11 is 0. The van der Waals surface area contributed by atoms with Gasteiger partial charge in [-0.05, 0) is 41.9 Å². The van der Waals surface area contributed by atoms with E-state index in [0.29, 0.717) is 0 Å². The smallest absolute Gasteiger partial charge is 0.119 e. The fraction of sp³-hybridized carbons (Fsp3) is 0.625. The molecule has 1 saturated carbocycles. The minimum absolute atomic E-state index is 0.207. The van der Waals surface area contributed by atoms with E-state index in [1.54, 1.807) is 0 Å². The Hall–Kier alpha value is -0.980. The second kappa shape index (κ2) is 6.09. The second-order valence-electron chi connectivity index (χ2n) is 5.53. The van der Waals surface area contributed by atoms with Crippen molar-refractivity contribution >= 4 is 0 Å². The van der Waals surface area contributed by atoms with E-state index in [-0.39, 0.29) is 5.41 Å². The molecule has 0 amide bonds. The Morgan fingerprint density at radius 3 is 2.35 bits per heavy atom. The quantitative estimate of drug-likeness (QED) is 0.730. The predicted molar refractivity (Wildman–Crippen MR) is 74.7 cm³/mol. The number of ether oxygens (including phenoxy) is 1. The summed E-state index contributed by atoms with van der Waals surface area (Å²) in [5, 5.41) is 0. The van der Waals surface area contributed by atoms with E-state index < -0.39 is 0 Å². The zero-order chi connectivity index (χ0) is 12.9. The average Bonchev–Trinajstić information content (AvgIpc) is 3.12. The molecule has 0 saturated heterocycles. The van der Waals surface area contributed by atoms with Gasteiger partial charge in [0.2, 0.25) is 0 Å². The lowest BCUT2D eigenvalue weighted by Crippen LogP contribution is -2.11. The van der Waals surface area contributed by atoms with Gasteiger partial charge in [0.15, 0.2) is 0 Å². The van der Waals surface area contributed by atoms with Crippen LogP contribution < -0.4 is 4.74 Å². The van der Waals surface area contributed by atoms with Crippen LogP contribution in [0.25, 0.3) is 0 Å². The fourth-order valence-electron chi connectivity index (χ4n) is 1.55. The van der Waals surface area contributed by atoms with E-state index in [1.165, 1.54) is 18.4 Å². The highest BCUT2D eigenvalue weighted by Crippen LogP contribution is 2.30. The number of hydrogen-bond donors (Lipinski definition) is 0. The summed E-state index contributed by atoms with van der Waals surface area (Å²) in [5.74, 6) is 1.85. The van der Waals surface area contributed by atoms with Crippen molar-refractivity contribution in [3.05, 3.63) is 29.8 Å². The van der Waals surface area contributed by atoms with E-state index in [1.807, 2.05) is 13.8 Å². The Morgan fingerprint density at radius 2 is 1.82 bits per heavy atom. The molecule has 1 heteroatoms. The Morgan fingerprint density at radius 1 is 1.18 bits per heavy atom. The van der Waals surface area contributed by atoms with Crippen LogP contribution in [0.3, 0.4) is 0 Å². The molecule has 0 radical (unpaired) electrons. The van der Waals surface area contributed by atoms with E-state index in [0.717, 1.165) is 18.3 Å². The first-order valence-electron chi connectivity index (χ1n) is 6.79. The zero-order valence-corrected chi connectivity index (χ0v) is 11.9. The van der Waals surface area contributed by atoms with Crippen LogP contribution >= 0.6 is 0 Å². The van der Waals surface area contributed by atoms with Gasteiger partial charge in [-0.15, -0.1) is 0 Å². The first-order valence-corrected chi connectivity index (χ1v) is 6.79. The molecule has 1 fully saturated rings. The van der Waals surface area contributed by atoms with Crippen molar-refractivity contribution in [1.82, 2.24) is 0 Å². The van der Waals surface area contributed by atoms with E-state index >= 15 is 0 Å². The zero-order valence-electron chi connectivity index (χ0n) is 11.9. The van der Waals surface area contributed by atoms with E-state index in [2.05, 4.69) is 45.0 Å². The maximum atomic E-state index is 5.77. The number of benzene rings is 1. The minimum Gasteiger partial charge on any atom is -0.493 e. The monoisotopic (exact) mass is 234 g/mol. The molecule has 96 valence electrons. The van der Waals surface area contributed by atoms with Crippen LogP contribution in [-0.4, -0.2) is 6.61 Å². The molecule has 1 nitrogen and oxygen atoms in total. The van der Waals surface area contributed by atoms with Crippen LogP contribution in [0.4, 0.5) is 0 Å². The molecule has 0 N–H and O–H groups in total. The standard InChI is InChI=1S/C14H20O.C2H6/c1-14(2,3)12-5-4-6-13(9-12)15-10-11-7-8-11;1-2/h4-6,9,11H,7-8,10H2,1-3H3;1-2H3. The minimum atomic E-state index is 0.207. The van der Waals surface area contributed by atoms with Crippen molar-refractivity contribution in [2.24, 2.45) is 5.92 Å². The summed E-state index contributed by atoms with van der Waals surface area (Å²) in [4.78, 5) is 0. The lowest BCUT2D eigenvalue weighted by Gasteiger charge is -2.19. The van der Waals surface area contributed by atoms with Crippen LogP contribution in [0.5, 0.6) is 5.75 Å². The van der Waals surface area contributed by atoms with Crippen molar-refractivity contribution in [3.63, 3.8) is 0 Å². The highest BCUT2D eigenvalue weighted by atomic mass is 16.5. The van der Waals surface area contributed by atoms with Gasteiger partial charge in [0.05, 0.1) is 6.61 Å². The van der Waals surface area contributed by atoms with Gasteiger partial charge in [0.1, 0.15) is 5.75 Å². The summed E-state index contributed by atoms with van der Waals surface area (Å²) in [6, 6.07) is 8.48. The van der Waals surface area contributed by atoms with Crippen LogP contribution in [-0.2, 0) is 5.41 Å². The number of hydrogen-bond acceptors (Lipinski definition) is 1. The van der Waals surface area contributed by atoms with Crippen LogP contribution in [0, 0.1) is 5.92 Å². The van der Waals surface area contributed by atoms with Gasteiger partial charge in [-0.1, -0.05) is 46.8 Å². The van der Waals surface area contributed by atoms with Crippen molar-refractivity contribution in [3.8, 4) is 5.75 Å². The number of rotatable bonds is 3. The average molecular weight is 234 g/mol. The summed E-state index contributed by atoms with van der Waals surface area (Å²) in [6.45, 7) is 11.6. The molecule has 0 bridgehead atoms. The van der Waals surface area contributed by atoms with Crippen LogP contribution in [0.1, 0.15) is 53.0 Å². The lowest BCUT2D eigenvalue weighted by molar-refractivity contribution is 0.299. The van der Waals surface area contributed by atoms with Crippen molar-refractivity contribution < 1.29 is 4.74 Å². The van der Waals surface area contributed by atoms with Gasteiger partial charge in [-0.3, -0.25) is 0 Å². The molecule has 2 rings (SSSR count). The predicted octanol–water partition coefficient (Wildman–Crippen LogP) is 4.80. The van der Waals surface area contributed by atoms with Gasteiger partial charge in [-0.2, -0.15) is 0 Å². The third-order valence-corrected chi connectivity index (χ3v) is 2.88. The highest BCUT2D eigenvalue weighted by molar-refractivity contribution is 5.32. The maximum Gasteiger partial charge on any atom is 0.119 e. The van der Waals surface area contributed by atoms with Gasteiger partial charge in [0, 0.05) is 0 Å². The van der Waals surface area contributed by atoms with Gasteiger partial charge >= 0.3 is 0 Å². The molecular formula is C16H26O. The van der Waals surface area contributed by atoms with Crippen molar-refractivity contribution in [2.75, 3.05) is 6.61 Å². The SMILES string of the molecule is CC.CC(C)(C)c1cccc(OCC2CC2)c1. The third-order valence-electron chi connectivity index (χ3n) is 2.88. The van der Waals surface area contributed by atoms with Crippen molar-refractivity contribution in [2.45, 2.75) is 52.9 Å². The van der Waals surface area contributed by atoms with E-state index in [4.69, 9.17) is 4.74 Å². The highest BCUT2D eigenvalue weighted by Gasteiger charge is 2.22. The first kappa shape index (κ1) is 14.1. The summed E-state index contributed by atoms with van der Waals surface area (Å²) in [7, 11) is 0. The molecular weight excluding hydrogens is 208 g/mol. The fourth-order valence-corrected chi connectivity index (χ4v) is 1.55. The summed E-state index contributed by atoms with van der Waals surface area (Å²) in [6.07, 6.45) is 2.69. The molecule has 1 aromatic carbocycles. The van der Waals surface area contributed by atoms with E-state index in [9.17, 15) is 0 Å². The Bertz CT molecular complexity index is 332. The van der Waals surface area contributed by atoms with Gasteiger partial charge in [-0.25, -0.2) is 0 Å². The summed E-state index contributed by atoms with van der Waals surface area (Å²) < 4.78 is 5.77. The largest absolute Gasteiger partial charge is 0.493 e. The molecule has 0 aromatic heterocycles. The molecule has 0 unspecified atom stereocenters. The van der Waals surface area contributed by atoms with Crippen molar-refractivity contribution in [1.29, 1.82) is 0 Å². The Labute approximate surface area is 106 Å². The second-order valence-corrected chi connectivity index (χ2v) is 5.53. The normalized spacial score (nSPS) is 14.9. The maximum absolute atomic E-state index is 5.77. The molecule has 0 aliphatic heterocycles. The molecule has 1 aliphatic carbocycles. The van der Waals surface area contributed by atoms with Gasteiger partial charge < -0.3 is 4.74 Å². The lowest BCUT2D eigenvalue weighted by atomic mass is 9.87. The molecule has 0 atom stereocenters. The molecule has 17 heavy (non-hydrogen) atoms. The topological polar surface area (TPSA) is 9.23 Å². The third kappa shape index (κ3) is 4.80.